The molecule has 2 heterocycles. The molecule has 0 aliphatic rings. The number of thioether (sulfide) groups is 1. The van der Waals surface area contributed by atoms with Gasteiger partial charge in [0, 0.05) is 28.4 Å². The lowest BCUT2D eigenvalue weighted by atomic mass is 10.1. The first-order valence-corrected chi connectivity index (χ1v) is 8.85. The Morgan fingerprint density at radius 3 is 2.82 bits per heavy atom. The highest BCUT2D eigenvalue weighted by Crippen LogP contribution is 2.20. The number of hydrogen-bond donors (Lipinski definition) is 0. The molecule has 0 unspecified atom stereocenters. The third kappa shape index (κ3) is 3.59. The third-order valence-electron chi connectivity index (χ3n) is 3.35. The summed E-state index contributed by atoms with van der Waals surface area (Å²) in [6.45, 7) is 0. The van der Waals surface area contributed by atoms with Crippen LogP contribution in [0.2, 0.25) is 0 Å². The van der Waals surface area contributed by atoms with Crippen LogP contribution in [0.4, 0.5) is 0 Å². The minimum atomic E-state index is 0.195. The molecule has 3 rings (SSSR count). The Balaban J connectivity index is 1.51. The van der Waals surface area contributed by atoms with Crippen LogP contribution >= 0.6 is 27.7 Å². The van der Waals surface area contributed by atoms with Crippen LogP contribution in [0.5, 0.6) is 0 Å². The van der Waals surface area contributed by atoms with Gasteiger partial charge in [-0.25, -0.2) is 4.98 Å². The Hall–Kier alpha value is -1.59. The highest BCUT2D eigenvalue weighted by atomic mass is 79.9. The minimum absolute atomic E-state index is 0.195. The first-order valence-electron chi connectivity index (χ1n) is 7.08. The van der Waals surface area contributed by atoms with E-state index in [0.717, 1.165) is 32.9 Å². The number of carbonyl (C=O) groups excluding carboxylic acids is 1. The second-order valence-corrected chi connectivity index (χ2v) is 6.90. The molecule has 0 fully saturated rings. The van der Waals surface area contributed by atoms with Crippen LogP contribution in [0.15, 0.2) is 64.5 Å². The lowest BCUT2D eigenvalue weighted by Gasteiger charge is -2.02. The van der Waals surface area contributed by atoms with Crippen LogP contribution in [-0.2, 0) is 0 Å². The van der Waals surface area contributed by atoms with Gasteiger partial charge in [-0.15, -0.1) is 0 Å². The minimum Gasteiger partial charge on any atom is -0.295 e. The number of Topliss-reactive ketones (excluding diaryl/α,β-unsaturated/α-hetero) is 1. The van der Waals surface area contributed by atoms with E-state index in [-0.39, 0.29) is 5.78 Å². The molecule has 5 heteroatoms. The Morgan fingerprint density at radius 1 is 1.18 bits per heavy atom. The molecule has 1 aromatic carbocycles. The number of halogens is 1. The van der Waals surface area contributed by atoms with Gasteiger partial charge in [0.25, 0.3) is 0 Å². The lowest BCUT2D eigenvalue weighted by Crippen LogP contribution is -1.99. The number of fused-ring (bicyclic) bond motifs is 1. The van der Waals surface area contributed by atoms with Gasteiger partial charge in [-0.1, -0.05) is 45.9 Å². The number of rotatable bonds is 6. The quantitative estimate of drug-likeness (QED) is 0.351. The van der Waals surface area contributed by atoms with Gasteiger partial charge in [0.1, 0.15) is 0 Å². The molecule has 0 amide bonds. The monoisotopic (exact) mass is 374 g/mol. The molecule has 0 N–H and O–H groups in total. The standard InChI is InChI=1S/C17H15BrN2OS/c18-14-8-6-13(7-9-14)16(21)5-3-11-22-17-19-12-15-4-1-2-10-20(15)17/h1-2,4,6-10,12H,3,5,11H2. The number of pyridine rings is 1. The Bertz CT molecular complexity index is 783. The zero-order chi connectivity index (χ0) is 15.4. The van der Waals surface area contributed by atoms with Crippen molar-refractivity contribution in [2.75, 3.05) is 5.75 Å². The average Bonchev–Trinajstić information content (AvgIpc) is 2.95. The van der Waals surface area contributed by atoms with Gasteiger partial charge < -0.3 is 0 Å². The number of ketones is 1. The fourth-order valence-corrected chi connectivity index (χ4v) is 3.37. The summed E-state index contributed by atoms with van der Waals surface area (Å²) >= 11 is 5.06. The number of nitrogens with zero attached hydrogens (tertiary/aromatic N) is 2. The normalized spacial score (nSPS) is 11.0. The first-order chi connectivity index (χ1) is 10.7. The molecule has 112 valence electrons. The summed E-state index contributed by atoms with van der Waals surface area (Å²) in [5.41, 5.74) is 1.87. The number of hydrogen-bond acceptors (Lipinski definition) is 3. The molecule has 0 saturated heterocycles. The smallest absolute Gasteiger partial charge is 0.172 e. The SMILES string of the molecule is O=C(CCCSc1ncc2ccccn12)c1ccc(Br)cc1. The van der Waals surface area contributed by atoms with Crippen molar-refractivity contribution in [1.82, 2.24) is 9.38 Å². The molecule has 0 aliphatic heterocycles. The van der Waals surface area contributed by atoms with Crippen molar-refractivity contribution in [3.63, 3.8) is 0 Å². The molecule has 22 heavy (non-hydrogen) atoms. The average molecular weight is 375 g/mol. The van der Waals surface area contributed by atoms with Gasteiger partial charge >= 0.3 is 0 Å². The van der Waals surface area contributed by atoms with Gasteiger partial charge in [0.15, 0.2) is 10.9 Å². The van der Waals surface area contributed by atoms with Crippen molar-refractivity contribution in [1.29, 1.82) is 0 Å². The molecule has 0 aliphatic carbocycles. The number of aromatic nitrogens is 2. The first kappa shape index (κ1) is 15.3. The van der Waals surface area contributed by atoms with Crippen molar-refractivity contribution in [3.05, 3.63) is 64.9 Å². The zero-order valence-electron chi connectivity index (χ0n) is 11.9. The maximum Gasteiger partial charge on any atom is 0.172 e. The van der Waals surface area contributed by atoms with Gasteiger partial charge in [-0.2, -0.15) is 0 Å². The summed E-state index contributed by atoms with van der Waals surface area (Å²) < 4.78 is 3.06. The Morgan fingerprint density at radius 2 is 2.00 bits per heavy atom. The highest BCUT2D eigenvalue weighted by molar-refractivity contribution is 9.10. The summed E-state index contributed by atoms with van der Waals surface area (Å²) in [6, 6.07) is 13.6. The van der Waals surface area contributed by atoms with E-state index in [1.54, 1.807) is 11.8 Å². The van der Waals surface area contributed by atoms with Crippen molar-refractivity contribution in [3.8, 4) is 0 Å². The van der Waals surface area contributed by atoms with Crippen molar-refractivity contribution < 1.29 is 4.79 Å². The lowest BCUT2D eigenvalue weighted by molar-refractivity contribution is 0.0982. The number of benzene rings is 1. The third-order valence-corrected chi connectivity index (χ3v) is 4.93. The summed E-state index contributed by atoms with van der Waals surface area (Å²) in [5.74, 6) is 1.08. The summed E-state index contributed by atoms with van der Waals surface area (Å²) in [6.07, 6.45) is 5.30. The molecule has 3 aromatic rings. The second-order valence-electron chi connectivity index (χ2n) is 4.92. The molecule has 0 saturated carbocycles. The van der Waals surface area contributed by atoms with Crippen LogP contribution in [0.25, 0.3) is 5.52 Å². The van der Waals surface area contributed by atoms with E-state index in [4.69, 9.17) is 0 Å². The maximum atomic E-state index is 12.1. The predicted molar refractivity (Wildman–Crippen MR) is 93.6 cm³/mol. The van der Waals surface area contributed by atoms with Crippen LogP contribution in [0, 0.1) is 0 Å². The number of carbonyl (C=O) groups is 1. The van der Waals surface area contributed by atoms with Gasteiger partial charge in [0.05, 0.1) is 11.7 Å². The van der Waals surface area contributed by atoms with Crippen LogP contribution < -0.4 is 0 Å². The second kappa shape index (κ2) is 7.11. The van der Waals surface area contributed by atoms with E-state index in [0.29, 0.717) is 6.42 Å². The predicted octanol–water partition coefficient (Wildman–Crippen LogP) is 4.85. The Labute approximate surface area is 141 Å². The molecule has 0 radical (unpaired) electrons. The van der Waals surface area contributed by atoms with Crippen LogP contribution in [0.1, 0.15) is 23.2 Å². The molecule has 0 spiro atoms. The molecule has 2 aromatic heterocycles. The molecular weight excluding hydrogens is 360 g/mol. The largest absolute Gasteiger partial charge is 0.295 e. The molecule has 0 bridgehead atoms. The Kier molecular flexibility index (Phi) is 4.95. The molecule has 3 nitrogen and oxygen atoms in total. The molecule has 0 atom stereocenters. The maximum absolute atomic E-state index is 12.1. The topological polar surface area (TPSA) is 34.4 Å². The van der Waals surface area contributed by atoms with Gasteiger partial charge in [-0.3, -0.25) is 9.20 Å². The van der Waals surface area contributed by atoms with E-state index in [2.05, 4.69) is 25.3 Å². The van der Waals surface area contributed by atoms with E-state index in [1.165, 1.54) is 0 Å². The van der Waals surface area contributed by atoms with Gasteiger partial charge in [0.2, 0.25) is 0 Å². The van der Waals surface area contributed by atoms with E-state index < -0.39 is 0 Å². The van der Waals surface area contributed by atoms with Crippen molar-refractivity contribution in [2.24, 2.45) is 0 Å². The van der Waals surface area contributed by atoms with E-state index >= 15 is 0 Å². The highest BCUT2D eigenvalue weighted by Gasteiger charge is 2.07. The fourth-order valence-electron chi connectivity index (χ4n) is 2.20. The summed E-state index contributed by atoms with van der Waals surface area (Å²) in [4.78, 5) is 16.5. The van der Waals surface area contributed by atoms with Gasteiger partial charge in [-0.05, 0) is 30.7 Å². The summed E-state index contributed by atoms with van der Waals surface area (Å²) in [7, 11) is 0. The van der Waals surface area contributed by atoms with Crippen LogP contribution in [0.3, 0.4) is 0 Å². The van der Waals surface area contributed by atoms with E-state index in [9.17, 15) is 4.79 Å². The fraction of sp³-hybridized carbons (Fsp3) is 0.176. The number of imidazole rings is 1. The van der Waals surface area contributed by atoms with Crippen molar-refractivity contribution in [2.45, 2.75) is 18.0 Å². The van der Waals surface area contributed by atoms with Crippen molar-refractivity contribution >= 4 is 39.0 Å². The van der Waals surface area contributed by atoms with E-state index in [1.807, 2.05) is 54.9 Å². The molecular formula is C17H15BrN2OS. The zero-order valence-corrected chi connectivity index (χ0v) is 14.3. The summed E-state index contributed by atoms with van der Waals surface area (Å²) in [5, 5.41) is 0.978. The van der Waals surface area contributed by atoms with Crippen LogP contribution in [-0.4, -0.2) is 20.9 Å².